The van der Waals surface area contributed by atoms with Crippen LogP contribution in [0.2, 0.25) is 0 Å². The molecule has 0 radical (unpaired) electrons. The molecule has 24 heavy (non-hydrogen) atoms. The largest absolute Gasteiger partial charge is 0.434 e. The van der Waals surface area contributed by atoms with Crippen LogP contribution in [0.25, 0.3) is 0 Å². The first-order valence-corrected chi connectivity index (χ1v) is 8.12. The molecule has 3 rings (SSSR count). The van der Waals surface area contributed by atoms with Gasteiger partial charge in [0.25, 0.3) is 5.91 Å². The molecule has 1 aromatic rings. The highest BCUT2D eigenvalue weighted by atomic mass is 19.3. The molecule has 1 aromatic carbocycles. The van der Waals surface area contributed by atoms with Crippen LogP contribution in [-0.4, -0.2) is 31.4 Å². The fourth-order valence-corrected chi connectivity index (χ4v) is 2.74. The zero-order valence-electron chi connectivity index (χ0n) is 13.2. The molecule has 2 fully saturated rings. The molecular formula is C17H20F2N2O3. The molecule has 1 amide bonds. The molecule has 0 atom stereocenters. The highest BCUT2D eigenvalue weighted by Crippen LogP contribution is 2.44. The summed E-state index contributed by atoms with van der Waals surface area (Å²) in [6, 6.07) is 6.50. The van der Waals surface area contributed by atoms with Gasteiger partial charge in [-0.15, -0.1) is 0 Å². The van der Waals surface area contributed by atoms with E-state index < -0.39 is 6.61 Å². The number of rotatable bonds is 9. The van der Waals surface area contributed by atoms with Gasteiger partial charge in [0.15, 0.2) is 6.61 Å². The molecule has 0 aliphatic heterocycles. The first kappa shape index (κ1) is 16.7. The second-order valence-corrected chi connectivity index (χ2v) is 6.19. The summed E-state index contributed by atoms with van der Waals surface area (Å²) in [4.78, 5) is 16.9. The molecule has 0 saturated heterocycles. The quantitative estimate of drug-likeness (QED) is 0.556. The Morgan fingerprint density at radius 1 is 1.25 bits per heavy atom. The summed E-state index contributed by atoms with van der Waals surface area (Å²) < 4.78 is 29.0. The second kappa shape index (κ2) is 7.59. The standard InChI is InChI=1S/C17H20F2N2O3/c18-17(19)24-14-4-2-1-3-13(14)9-20-23-10-15(22)21-16(11-5-6-11)12-7-8-12/h1-4,9,11-12,16-17H,5-8,10H2,(H,21,22)/b20-9+. The van der Waals surface area contributed by atoms with E-state index in [0.717, 1.165) is 0 Å². The topological polar surface area (TPSA) is 59.9 Å². The average Bonchev–Trinajstić information content (AvgIpc) is 3.44. The lowest BCUT2D eigenvalue weighted by Gasteiger charge is -2.16. The third kappa shape index (κ3) is 4.91. The van der Waals surface area contributed by atoms with Crippen molar-refractivity contribution in [1.29, 1.82) is 0 Å². The van der Waals surface area contributed by atoms with E-state index in [1.54, 1.807) is 18.2 Å². The van der Waals surface area contributed by atoms with Gasteiger partial charge < -0.3 is 14.9 Å². The van der Waals surface area contributed by atoms with Crippen molar-refractivity contribution in [2.45, 2.75) is 38.3 Å². The van der Waals surface area contributed by atoms with Gasteiger partial charge in [-0.1, -0.05) is 17.3 Å². The predicted octanol–water partition coefficient (Wildman–Crippen LogP) is 2.94. The smallest absolute Gasteiger partial charge is 0.387 e. The highest BCUT2D eigenvalue weighted by molar-refractivity contribution is 5.83. The van der Waals surface area contributed by atoms with E-state index in [1.807, 2.05) is 0 Å². The lowest BCUT2D eigenvalue weighted by Crippen LogP contribution is -2.39. The van der Waals surface area contributed by atoms with Crippen LogP contribution in [-0.2, 0) is 9.63 Å². The summed E-state index contributed by atoms with van der Waals surface area (Å²) in [7, 11) is 0. The lowest BCUT2D eigenvalue weighted by molar-refractivity contribution is -0.126. The van der Waals surface area contributed by atoms with Crippen molar-refractivity contribution in [3.8, 4) is 5.75 Å². The summed E-state index contributed by atoms with van der Waals surface area (Å²) in [5, 5.41) is 6.68. The van der Waals surface area contributed by atoms with Crippen LogP contribution in [0.3, 0.4) is 0 Å². The minimum absolute atomic E-state index is 0.00633. The van der Waals surface area contributed by atoms with Crippen LogP contribution < -0.4 is 10.1 Å². The number of hydrogen-bond acceptors (Lipinski definition) is 4. The highest BCUT2D eigenvalue weighted by Gasteiger charge is 2.42. The first-order valence-electron chi connectivity index (χ1n) is 8.12. The lowest BCUT2D eigenvalue weighted by atomic mass is 10.1. The van der Waals surface area contributed by atoms with Crippen LogP contribution >= 0.6 is 0 Å². The number of alkyl halides is 2. The Kier molecular flexibility index (Phi) is 5.27. The second-order valence-electron chi connectivity index (χ2n) is 6.19. The zero-order chi connectivity index (χ0) is 16.9. The number of nitrogens with one attached hydrogen (secondary N) is 1. The number of para-hydroxylation sites is 1. The fraction of sp³-hybridized carbons (Fsp3) is 0.529. The van der Waals surface area contributed by atoms with Gasteiger partial charge in [0.05, 0.1) is 6.21 Å². The van der Waals surface area contributed by atoms with Crippen LogP contribution in [0.5, 0.6) is 5.75 Å². The van der Waals surface area contributed by atoms with E-state index in [0.29, 0.717) is 17.4 Å². The molecule has 5 nitrogen and oxygen atoms in total. The van der Waals surface area contributed by atoms with Crippen LogP contribution in [0.4, 0.5) is 8.78 Å². The SMILES string of the molecule is O=C(CO/N=C/c1ccccc1OC(F)F)NC(C1CC1)C1CC1. The molecule has 0 unspecified atom stereocenters. The number of halogens is 2. The van der Waals surface area contributed by atoms with Gasteiger partial charge in [0.1, 0.15) is 5.75 Å². The van der Waals surface area contributed by atoms with Crippen molar-refractivity contribution < 1.29 is 23.1 Å². The Labute approximate surface area is 139 Å². The first-order chi connectivity index (χ1) is 11.6. The van der Waals surface area contributed by atoms with Crippen molar-refractivity contribution in [3.63, 3.8) is 0 Å². The number of carbonyl (C=O) groups is 1. The molecule has 2 aliphatic carbocycles. The van der Waals surface area contributed by atoms with E-state index in [9.17, 15) is 13.6 Å². The van der Waals surface area contributed by atoms with Crippen LogP contribution in [0.1, 0.15) is 31.2 Å². The molecule has 0 heterocycles. The van der Waals surface area contributed by atoms with Crippen molar-refractivity contribution in [1.82, 2.24) is 5.32 Å². The van der Waals surface area contributed by atoms with E-state index in [1.165, 1.54) is 38.0 Å². The third-order valence-electron chi connectivity index (χ3n) is 4.18. The van der Waals surface area contributed by atoms with E-state index in [2.05, 4.69) is 15.2 Å². The maximum atomic E-state index is 12.3. The normalized spacial score (nSPS) is 17.5. The maximum absolute atomic E-state index is 12.3. The number of hydrogen-bond donors (Lipinski definition) is 1. The third-order valence-corrected chi connectivity index (χ3v) is 4.18. The molecule has 130 valence electrons. The number of carbonyl (C=O) groups excluding carboxylic acids is 1. The summed E-state index contributed by atoms with van der Waals surface area (Å²) in [6.45, 7) is -3.10. The van der Waals surface area contributed by atoms with Crippen molar-refractivity contribution in [2.24, 2.45) is 17.0 Å². The summed E-state index contributed by atoms with van der Waals surface area (Å²) in [6.07, 6.45) is 5.98. The van der Waals surface area contributed by atoms with Gasteiger partial charge in [-0.05, 0) is 49.7 Å². The molecule has 2 aliphatic rings. The van der Waals surface area contributed by atoms with Crippen molar-refractivity contribution in [3.05, 3.63) is 29.8 Å². The maximum Gasteiger partial charge on any atom is 0.387 e. The number of ether oxygens (including phenoxy) is 1. The molecule has 0 bridgehead atoms. The molecule has 0 spiro atoms. The van der Waals surface area contributed by atoms with E-state index in [4.69, 9.17) is 4.84 Å². The Morgan fingerprint density at radius 3 is 2.54 bits per heavy atom. The summed E-state index contributed by atoms with van der Waals surface area (Å²) in [5.74, 6) is 1.03. The molecule has 1 N–H and O–H groups in total. The molecule has 2 saturated carbocycles. The number of nitrogens with zero attached hydrogens (tertiary/aromatic N) is 1. The fourth-order valence-electron chi connectivity index (χ4n) is 2.74. The monoisotopic (exact) mass is 338 g/mol. The average molecular weight is 338 g/mol. The van der Waals surface area contributed by atoms with Gasteiger partial charge in [-0.25, -0.2) is 0 Å². The zero-order valence-corrected chi connectivity index (χ0v) is 13.2. The molecule has 7 heteroatoms. The number of amides is 1. The predicted molar refractivity (Wildman–Crippen MR) is 84.0 cm³/mol. The van der Waals surface area contributed by atoms with Crippen molar-refractivity contribution >= 4 is 12.1 Å². The van der Waals surface area contributed by atoms with E-state index in [-0.39, 0.29) is 24.3 Å². The Hall–Kier alpha value is -2.18. The Morgan fingerprint density at radius 2 is 1.92 bits per heavy atom. The van der Waals surface area contributed by atoms with Gasteiger partial charge in [-0.3, -0.25) is 4.79 Å². The van der Waals surface area contributed by atoms with Crippen LogP contribution in [0.15, 0.2) is 29.4 Å². The van der Waals surface area contributed by atoms with Crippen LogP contribution in [0, 0.1) is 11.8 Å². The minimum atomic E-state index is -2.91. The number of benzene rings is 1. The Balaban J connectivity index is 1.45. The number of oxime groups is 1. The van der Waals surface area contributed by atoms with Gasteiger partial charge >= 0.3 is 6.61 Å². The summed E-state index contributed by atoms with van der Waals surface area (Å²) >= 11 is 0. The minimum Gasteiger partial charge on any atom is -0.434 e. The molecular weight excluding hydrogens is 318 g/mol. The van der Waals surface area contributed by atoms with Crippen molar-refractivity contribution in [2.75, 3.05) is 6.61 Å². The van der Waals surface area contributed by atoms with E-state index >= 15 is 0 Å². The van der Waals surface area contributed by atoms with Gasteiger partial charge in [0.2, 0.25) is 0 Å². The van der Waals surface area contributed by atoms with Gasteiger partial charge in [-0.2, -0.15) is 8.78 Å². The molecule has 0 aromatic heterocycles. The summed E-state index contributed by atoms with van der Waals surface area (Å²) in [5.41, 5.74) is 0.354. The van der Waals surface area contributed by atoms with Gasteiger partial charge in [0, 0.05) is 11.6 Å². The Bertz CT molecular complexity index is 589.